The molecule has 32 heavy (non-hydrogen) atoms. The zero-order valence-corrected chi connectivity index (χ0v) is 19.2. The maximum atomic E-state index is 13.2. The van der Waals surface area contributed by atoms with Crippen molar-refractivity contribution in [3.05, 3.63) is 42.0 Å². The van der Waals surface area contributed by atoms with Crippen molar-refractivity contribution in [2.45, 2.75) is 31.3 Å². The molecule has 0 saturated carbocycles. The molecule has 2 aromatic rings. The van der Waals surface area contributed by atoms with E-state index in [1.165, 1.54) is 18.2 Å². The molecule has 1 aliphatic rings. The summed E-state index contributed by atoms with van der Waals surface area (Å²) in [5.74, 6) is 0.116. The predicted molar refractivity (Wildman–Crippen MR) is 124 cm³/mol. The highest BCUT2D eigenvalue weighted by molar-refractivity contribution is 7.92. The van der Waals surface area contributed by atoms with Crippen LogP contribution in [-0.2, 0) is 26.1 Å². The Kier molecular flexibility index (Phi) is 7.78. The van der Waals surface area contributed by atoms with E-state index < -0.39 is 17.1 Å². The first-order valence-electron chi connectivity index (χ1n) is 10.4. The van der Waals surface area contributed by atoms with Crippen LogP contribution in [0.4, 0.5) is 11.4 Å². The summed E-state index contributed by atoms with van der Waals surface area (Å²) >= 11 is 0. The van der Waals surface area contributed by atoms with Gasteiger partial charge < -0.3 is 24.6 Å². The highest BCUT2D eigenvalue weighted by Gasteiger charge is 2.28. The lowest BCUT2D eigenvalue weighted by Gasteiger charge is -2.16. The summed E-state index contributed by atoms with van der Waals surface area (Å²) in [5, 5.41) is 12.6. The van der Waals surface area contributed by atoms with Gasteiger partial charge in [-0.2, -0.15) is 0 Å². The van der Waals surface area contributed by atoms with E-state index in [1.807, 2.05) is 6.92 Å². The van der Waals surface area contributed by atoms with E-state index in [0.29, 0.717) is 17.8 Å². The number of hydrogen-bond donors (Lipinski definition) is 3. The van der Waals surface area contributed by atoms with Gasteiger partial charge in [0, 0.05) is 11.8 Å². The molecule has 1 amide bonds. The number of unbranched alkanes of at least 4 members (excludes halogenated alkanes) is 1. The van der Waals surface area contributed by atoms with Crippen molar-refractivity contribution in [3.8, 4) is 5.75 Å². The van der Waals surface area contributed by atoms with Crippen LogP contribution in [0.2, 0.25) is 0 Å². The van der Waals surface area contributed by atoms with Crippen LogP contribution in [0.5, 0.6) is 5.75 Å². The van der Waals surface area contributed by atoms with Crippen molar-refractivity contribution in [3.63, 3.8) is 0 Å². The minimum absolute atomic E-state index is 0.0928. The number of sulfonamides is 1. The minimum Gasteiger partial charge on any atom is -0.494 e. The average molecular weight is 461 g/mol. The summed E-state index contributed by atoms with van der Waals surface area (Å²) in [6.07, 6.45) is 1.82. The van der Waals surface area contributed by atoms with Gasteiger partial charge in [-0.15, -0.1) is 0 Å². The maximum Gasteiger partial charge on any atom is 0.491 e. The summed E-state index contributed by atoms with van der Waals surface area (Å²) < 4.78 is 39.7. The van der Waals surface area contributed by atoms with Crippen molar-refractivity contribution in [2.75, 3.05) is 37.3 Å². The molecule has 0 aliphatic carbocycles. The number of nitrogens with zero attached hydrogens (tertiary/aromatic N) is 1. The molecular formula is C21H28BN3O6S. The Hall–Kier alpha value is -2.60. The minimum atomic E-state index is -4.05. The molecule has 2 aromatic carbocycles. The summed E-state index contributed by atoms with van der Waals surface area (Å²) in [5.41, 5.74) is 1.72. The molecule has 0 unspecified atom stereocenters. The number of carbonyl (C=O) groups is 1. The van der Waals surface area contributed by atoms with Gasteiger partial charge in [-0.05, 0) is 55.8 Å². The highest BCUT2D eigenvalue weighted by Crippen LogP contribution is 2.29. The van der Waals surface area contributed by atoms with Crippen molar-refractivity contribution in [1.82, 2.24) is 4.90 Å². The Morgan fingerprint density at radius 3 is 2.75 bits per heavy atom. The van der Waals surface area contributed by atoms with E-state index in [1.54, 1.807) is 37.2 Å². The molecule has 172 valence electrons. The Morgan fingerprint density at radius 2 is 2.03 bits per heavy atom. The molecule has 1 heterocycles. The number of carbonyl (C=O) groups excluding carboxylic acids is 1. The van der Waals surface area contributed by atoms with E-state index >= 15 is 0 Å². The Balaban J connectivity index is 1.89. The number of ether oxygens (including phenoxy) is 1. The topological polar surface area (TPSA) is 117 Å². The molecule has 0 aromatic heterocycles. The summed E-state index contributed by atoms with van der Waals surface area (Å²) in [4.78, 5) is 13.9. The van der Waals surface area contributed by atoms with Crippen LogP contribution >= 0.6 is 0 Å². The summed E-state index contributed by atoms with van der Waals surface area (Å²) in [6, 6.07) is 9.32. The Morgan fingerprint density at radius 1 is 1.25 bits per heavy atom. The fraction of sp³-hybridized carbons (Fsp3) is 0.381. The van der Waals surface area contributed by atoms with Gasteiger partial charge in [0.05, 0.1) is 25.4 Å². The highest BCUT2D eigenvalue weighted by atomic mass is 32.2. The Bertz CT molecular complexity index is 1080. The van der Waals surface area contributed by atoms with Gasteiger partial charge in [0.2, 0.25) is 5.91 Å². The van der Waals surface area contributed by atoms with Gasteiger partial charge in [0.15, 0.2) is 0 Å². The first-order valence-corrected chi connectivity index (χ1v) is 11.8. The van der Waals surface area contributed by atoms with Gasteiger partial charge in [0.25, 0.3) is 10.0 Å². The fourth-order valence-electron chi connectivity index (χ4n) is 3.23. The number of fused-ring (bicyclic) bond motifs is 1. The first kappa shape index (κ1) is 24.1. The van der Waals surface area contributed by atoms with E-state index in [9.17, 15) is 18.2 Å². The smallest absolute Gasteiger partial charge is 0.491 e. The standard InChI is InChI=1S/C21H28BN3O6S/c1-4-5-10-30-17-8-9-20(19(12-17)23-21(26)13-25(2)3)32(28,29)24-16-7-6-15-14-31-22(27)18(15)11-16/h6-9,11-12,24,27H,4-5,10,13-14H2,1-3H3,(H,23,26). The lowest BCUT2D eigenvalue weighted by molar-refractivity contribution is -0.116. The van der Waals surface area contributed by atoms with Gasteiger partial charge >= 0.3 is 7.12 Å². The maximum absolute atomic E-state index is 13.2. The number of likely N-dealkylation sites (N-methyl/N-ethyl adjacent to an activating group) is 1. The lowest BCUT2D eigenvalue weighted by atomic mass is 9.79. The third-order valence-corrected chi connectivity index (χ3v) is 6.24. The van der Waals surface area contributed by atoms with Gasteiger partial charge in [-0.3, -0.25) is 9.52 Å². The molecule has 11 heteroatoms. The number of nitrogens with one attached hydrogen (secondary N) is 2. The predicted octanol–water partition coefficient (Wildman–Crippen LogP) is 1.38. The molecule has 0 fully saturated rings. The largest absolute Gasteiger partial charge is 0.494 e. The summed E-state index contributed by atoms with van der Waals surface area (Å²) in [7, 11) is -1.65. The second-order valence-corrected chi connectivity index (χ2v) is 9.48. The molecule has 1 aliphatic heterocycles. The monoisotopic (exact) mass is 461 g/mol. The van der Waals surface area contributed by atoms with E-state index in [2.05, 4.69) is 10.0 Å². The van der Waals surface area contributed by atoms with Crippen molar-refractivity contribution in [1.29, 1.82) is 0 Å². The van der Waals surface area contributed by atoms with Gasteiger partial charge in [-0.1, -0.05) is 19.4 Å². The van der Waals surface area contributed by atoms with Crippen LogP contribution in [0.15, 0.2) is 41.3 Å². The van der Waals surface area contributed by atoms with Crippen LogP contribution in [-0.4, -0.2) is 58.6 Å². The lowest BCUT2D eigenvalue weighted by Crippen LogP contribution is -2.29. The number of amides is 1. The van der Waals surface area contributed by atoms with Gasteiger partial charge in [0.1, 0.15) is 10.6 Å². The third kappa shape index (κ3) is 6.01. The average Bonchev–Trinajstić information content (AvgIpc) is 3.07. The molecule has 0 bridgehead atoms. The number of anilines is 2. The molecule has 0 spiro atoms. The first-order chi connectivity index (χ1) is 15.2. The van der Waals surface area contributed by atoms with E-state index in [-0.39, 0.29) is 35.3 Å². The molecule has 0 radical (unpaired) electrons. The molecule has 3 rings (SSSR count). The van der Waals surface area contributed by atoms with Crippen molar-refractivity contribution < 1.29 is 27.6 Å². The molecular weight excluding hydrogens is 433 g/mol. The van der Waals surface area contributed by atoms with Crippen LogP contribution < -0.4 is 20.2 Å². The van der Waals surface area contributed by atoms with Crippen molar-refractivity contribution in [2.24, 2.45) is 0 Å². The quantitative estimate of drug-likeness (QED) is 0.362. The zero-order chi connectivity index (χ0) is 23.3. The Labute approximate surface area is 188 Å². The number of rotatable bonds is 10. The van der Waals surface area contributed by atoms with Crippen LogP contribution in [0.3, 0.4) is 0 Å². The second kappa shape index (κ2) is 10.3. The van der Waals surface area contributed by atoms with E-state index in [4.69, 9.17) is 9.39 Å². The molecule has 0 saturated heterocycles. The van der Waals surface area contributed by atoms with Crippen molar-refractivity contribution >= 4 is 39.9 Å². The second-order valence-electron chi connectivity index (χ2n) is 7.83. The van der Waals surface area contributed by atoms with Crippen LogP contribution in [0.25, 0.3) is 0 Å². The normalized spacial score (nSPS) is 13.2. The molecule has 0 atom stereocenters. The molecule has 9 nitrogen and oxygen atoms in total. The number of hydrogen-bond acceptors (Lipinski definition) is 7. The third-order valence-electron chi connectivity index (χ3n) is 4.80. The SMILES string of the molecule is CCCCOc1ccc(S(=O)(=O)Nc2ccc3c(c2)B(O)OC3)c(NC(=O)CN(C)C)c1. The van der Waals surface area contributed by atoms with Crippen LogP contribution in [0, 0.1) is 0 Å². The zero-order valence-electron chi connectivity index (χ0n) is 18.4. The number of benzene rings is 2. The summed E-state index contributed by atoms with van der Waals surface area (Å²) in [6.45, 7) is 2.90. The van der Waals surface area contributed by atoms with Gasteiger partial charge in [-0.25, -0.2) is 8.42 Å². The van der Waals surface area contributed by atoms with Crippen LogP contribution in [0.1, 0.15) is 25.3 Å². The fourth-order valence-corrected chi connectivity index (χ4v) is 4.42. The van der Waals surface area contributed by atoms with E-state index in [0.717, 1.165) is 18.4 Å². The molecule has 3 N–H and O–H groups in total.